The van der Waals surface area contributed by atoms with Gasteiger partial charge < -0.3 is 5.32 Å². The van der Waals surface area contributed by atoms with Crippen LogP contribution in [0.2, 0.25) is 0 Å². The molecule has 0 saturated carbocycles. The van der Waals surface area contributed by atoms with Crippen molar-refractivity contribution >= 4 is 39.6 Å². The van der Waals surface area contributed by atoms with Gasteiger partial charge >= 0.3 is 0 Å². The molecule has 3 rings (SSSR count). The number of nitrogens with one attached hydrogen (secondary N) is 1. The molecule has 0 atom stereocenters. The fourth-order valence-electron chi connectivity index (χ4n) is 2.41. The van der Waals surface area contributed by atoms with Crippen LogP contribution in [0.4, 0.5) is 5.69 Å². The molecule has 0 amide bonds. The maximum Gasteiger partial charge on any atom is 0.113 e. The van der Waals surface area contributed by atoms with E-state index in [0.29, 0.717) is 6.42 Å². The van der Waals surface area contributed by atoms with Crippen LogP contribution in [-0.2, 0) is 0 Å². The Balaban J connectivity index is 1.75. The lowest BCUT2D eigenvalue weighted by Crippen LogP contribution is -2.08. The highest BCUT2D eigenvalue weighted by Crippen LogP contribution is 2.18. The zero-order chi connectivity index (χ0) is 16.1. The van der Waals surface area contributed by atoms with E-state index < -0.39 is 0 Å². The van der Waals surface area contributed by atoms with Crippen molar-refractivity contribution in [2.24, 2.45) is 0 Å². The number of aromatic nitrogens is 3. The van der Waals surface area contributed by atoms with E-state index >= 15 is 0 Å². The van der Waals surface area contributed by atoms with Crippen LogP contribution in [0.15, 0.2) is 60.7 Å². The topological polar surface area (TPSA) is 42.7 Å². The molecule has 0 aliphatic heterocycles. The lowest BCUT2D eigenvalue weighted by Gasteiger charge is -2.08. The average Bonchev–Trinajstić information content (AvgIpc) is 3.01. The van der Waals surface area contributed by atoms with E-state index in [1.807, 2.05) is 59.3 Å². The summed E-state index contributed by atoms with van der Waals surface area (Å²) in [5, 5.41) is 11.7. The molecule has 5 heteroatoms. The van der Waals surface area contributed by atoms with Crippen LogP contribution in [0, 0.1) is 0 Å². The predicted octanol–water partition coefficient (Wildman–Crippen LogP) is 4.51. The highest BCUT2D eigenvalue weighted by atomic mass is 32.1. The van der Waals surface area contributed by atoms with Gasteiger partial charge in [-0.2, -0.15) is 0 Å². The molecule has 1 aromatic heterocycles. The van der Waals surface area contributed by atoms with Crippen LogP contribution in [0.5, 0.6) is 0 Å². The summed E-state index contributed by atoms with van der Waals surface area (Å²) in [5.74, 6) is 0. The van der Waals surface area contributed by atoms with Gasteiger partial charge in [0, 0.05) is 17.8 Å². The van der Waals surface area contributed by atoms with Gasteiger partial charge in [-0.1, -0.05) is 60.8 Å². The molecule has 0 unspecified atom stereocenters. The smallest absolute Gasteiger partial charge is 0.113 e. The lowest BCUT2D eigenvalue weighted by molar-refractivity contribution is 0.814. The number of thiocarbonyl (C=S) groups is 1. The van der Waals surface area contributed by atoms with E-state index in [1.165, 1.54) is 0 Å². The number of anilines is 1. The quantitative estimate of drug-likeness (QED) is 0.702. The Kier molecular flexibility index (Phi) is 4.78. The van der Waals surface area contributed by atoms with Crippen molar-refractivity contribution in [1.29, 1.82) is 0 Å². The largest absolute Gasteiger partial charge is 0.350 e. The van der Waals surface area contributed by atoms with Gasteiger partial charge in [-0.3, -0.25) is 0 Å². The van der Waals surface area contributed by atoms with Crippen molar-refractivity contribution in [2.75, 3.05) is 5.32 Å². The summed E-state index contributed by atoms with van der Waals surface area (Å²) >= 11 is 5.43. The Morgan fingerprint density at radius 3 is 2.65 bits per heavy atom. The fraction of sp³-hybridized carbons (Fsp3) is 0.167. The second-order valence-corrected chi connectivity index (χ2v) is 5.65. The van der Waals surface area contributed by atoms with Gasteiger partial charge in [-0.25, -0.2) is 4.68 Å². The van der Waals surface area contributed by atoms with E-state index in [1.54, 1.807) is 0 Å². The molecule has 1 heterocycles. The summed E-state index contributed by atoms with van der Waals surface area (Å²) in [7, 11) is 0. The molecule has 23 heavy (non-hydrogen) atoms. The van der Waals surface area contributed by atoms with Gasteiger partial charge in [-0.15, -0.1) is 5.10 Å². The second kappa shape index (κ2) is 7.15. The molecule has 0 radical (unpaired) electrons. The number of fused-ring (bicyclic) bond motifs is 1. The molecule has 0 aliphatic rings. The summed E-state index contributed by atoms with van der Waals surface area (Å²) < 4.78 is 1.89. The fourth-order valence-corrected chi connectivity index (χ4v) is 2.61. The van der Waals surface area contributed by atoms with E-state index in [0.717, 1.165) is 33.8 Å². The lowest BCUT2D eigenvalue weighted by atomic mass is 10.2. The first-order chi connectivity index (χ1) is 11.3. The van der Waals surface area contributed by atoms with Crippen molar-refractivity contribution in [2.45, 2.75) is 19.8 Å². The van der Waals surface area contributed by atoms with Gasteiger partial charge in [0.05, 0.1) is 10.5 Å². The molecule has 0 spiro atoms. The highest BCUT2D eigenvalue weighted by molar-refractivity contribution is 7.80. The third-order valence-corrected chi connectivity index (χ3v) is 3.84. The zero-order valence-electron chi connectivity index (χ0n) is 12.9. The highest BCUT2D eigenvalue weighted by Gasteiger charge is 2.07. The Bertz CT molecular complexity index is 836. The molecular weight excluding hydrogens is 304 g/mol. The minimum Gasteiger partial charge on any atom is -0.350 e. The van der Waals surface area contributed by atoms with Crippen LogP contribution in [-0.4, -0.2) is 20.0 Å². The normalized spacial score (nSPS) is 11.6. The maximum absolute atomic E-state index is 5.43. The number of para-hydroxylation sites is 2. The van der Waals surface area contributed by atoms with E-state index in [4.69, 9.17) is 12.2 Å². The second-order valence-electron chi connectivity index (χ2n) is 5.16. The maximum atomic E-state index is 5.43. The molecule has 0 bridgehead atoms. The number of hydrogen-bond donors (Lipinski definition) is 1. The predicted molar refractivity (Wildman–Crippen MR) is 99.4 cm³/mol. The molecule has 116 valence electrons. The van der Waals surface area contributed by atoms with Crippen molar-refractivity contribution in [3.8, 4) is 0 Å². The van der Waals surface area contributed by atoms with E-state index in [-0.39, 0.29) is 0 Å². The van der Waals surface area contributed by atoms with E-state index in [9.17, 15) is 0 Å². The Morgan fingerprint density at radius 1 is 1.13 bits per heavy atom. The third kappa shape index (κ3) is 3.63. The van der Waals surface area contributed by atoms with Gasteiger partial charge in [0.1, 0.15) is 5.52 Å². The number of hydrogen-bond acceptors (Lipinski definition) is 3. The van der Waals surface area contributed by atoms with Gasteiger partial charge in [0.25, 0.3) is 0 Å². The molecule has 1 N–H and O–H groups in total. The summed E-state index contributed by atoms with van der Waals surface area (Å²) in [6.45, 7) is 2.11. The number of allylic oxidation sites excluding steroid dienone is 1. The van der Waals surface area contributed by atoms with Gasteiger partial charge in [0.15, 0.2) is 0 Å². The Hall–Kier alpha value is -2.53. The molecule has 0 saturated heterocycles. The monoisotopic (exact) mass is 322 g/mol. The first-order valence-electron chi connectivity index (χ1n) is 7.62. The molecule has 0 aliphatic carbocycles. The third-order valence-electron chi connectivity index (χ3n) is 3.57. The number of rotatable bonds is 5. The summed E-state index contributed by atoms with van der Waals surface area (Å²) in [6, 6.07) is 17.9. The average molecular weight is 322 g/mol. The van der Waals surface area contributed by atoms with Crippen molar-refractivity contribution in [1.82, 2.24) is 15.0 Å². The minimum atomic E-state index is 0.668. The number of nitrogens with zero attached hydrogens (tertiary/aromatic N) is 3. The molecule has 0 fully saturated rings. The van der Waals surface area contributed by atoms with Gasteiger partial charge in [0.2, 0.25) is 0 Å². The van der Waals surface area contributed by atoms with Crippen molar-refractivity contribution in [3.05, 3.63) is 60.7 Å². The molecule has 4 nitrogen and oxygen atoms in total. The standard InChI is InChI=1S/C18H18N4S/c1-2-15(22-17-11-7-6-10-16(17)20-21-22)12-13-18(23)19-14-8-4-3-5-9-14/h3-12H,2,13H2,1H3,(H,19,23)/b15-12+. The summed E-state index contributed by atoms with van der Waals surface area (Å²) in [6.07, 6.45) is 3.64. The van der Waals surface area contributed by atoms with Crippen molar-refractivity contribution in [3.63, 3.8) is 0 Å². The van der Waals surface area contributed by atoms with Crippen LogP contribution in [0.1, 0.15) is 19.8 Å². The van der Waals surface area contributed by atoms with Crippen LogP contribution >= 0.6 is 12.2 Å². The molecular formula is C18H18N4S. The van der Waals surface area contributed by atoms with Gasteiger partial charge in [-0.05, 0) is 30.7 Å². The Morgan fingerprint density at radius 2 is 1.87 bits per heavy atom. The Labute approximate surface area is 140 Å². The van der Waals surface area contributed by atoms with E-state index in [2.05, 4.69) is 28.6 Å². The summed E-state index contributed by atoms with van der Waals surface area (Å²) in [4.78, 5) is 0.784. The van der Waals surface area contributed by atoms with Crippen molar-refractivity contribution < 1.29 is 0 Å². The first kappa shape index (κ1) is 15.4. The first-order valence-corrected chi connectivity index (χ1v) is 8.03. The molecule has 3 aromatic rings. The van der Waals surface area contributed by atoms with Crippen LogP contribution in [0.25, 0.3) is 16.7 Å². The zero-order valence-corrected chi connectivity index (χ0v) is 13.8. The van der Waals surface area contributed by atoms with Crippen LogP contribution < -0.4 is 5.32 Å². The summed E-state index contributed by atoms with van der Waals surface area (Å²) in [5.41, 5.74) is 4.02. The minimum absolute atomic E-state index is 0.668. The SMILES string of the molecule is CC/C(=C\CC(=S)Nc1ccccc1)n1nnc2ccccc21. The van der Waals surface area contributed by atoms with Crippen LogP contribution in [0.3, 0.4) is 0 Å². The number of benzene rings is 2. The molecule has 2 aromatic carbocycles.